The zero-order valence-corrected chi connectivity index (χ0v) is 12.8. The van der Waals surface area contributed by atoms with E-state index in [1.807, 2.05) is 18.2 Å². The number of para-hydroxylation sites is 1. The van der Waals surface area contributed by atoms with Crippen molar-refractivity contribution in [3.8, 4) is 5.75 Å². The molecule has 0 saturated carbocycles. The Hall–Kier alpha value is -1.07. The van der Waals surface area contributed by atoms with Crippen molar-refractivity contribution in [2.45, 2.75) is 6.42 Å². The third-order valence-corrected chi connectivity index (χ3v) is 4.16. The molecule has 0 saturated heterocycles. The number of thiophene rings is 1. The summed E-state index contributed by atoms with van der Waals surface area (Å²) in [6, 6.07) is 8.83. The van der Waals surface area contributed by atoms with Crippen molar-refractivity contribution in [2.75, 3.05) is 13.2 Å². The highest BCUT2D eigenvalue weighted by Crippen LogP contribution is 2.31. The van der Waals surface area contributed by atoms with E-state index in [0.717, 1.165) is 16.9 Å². The number of carbonyl (C=O) groups is 1. The number of ketones is 1. The van der Waals surface area contributed by atoms with E-state index in [1.54, 1.807) is 12.1 Å². The largest absolute Gasteiger partial charge is 0.485 e. The molecule has 1 aromatic heterocycles. The molecule has 1 N–H and O–H groups in total. The second-order valence-corrected chi connectivity index (χ2v) is 6.32. The van der Waals surface area contributed by atoms with Crippen LogP contribution in [0.5, 0.6) is 5.75 Å². The molecule has 0 unspecified atom stereocenters. The summed E-state index contributed by atoms with van der Waals surface area (Å²) in [4.78, 5) is 12.0. The van der Waals surface area contributed by atoms with Gasteiger partial charge in [-0.1, -0.05) is 41.4 Å². The number of hydrogen-bond donors (Lipinski definition) is 1. The Morgan fingerprint density at radius 3 is 2.70 bits per heavy atom. The quantitative estimate of drug-likeness (QED) is 0.818. The molecular formula is C14H12Cl2O3S. The van der Waals surface area contributed by atoms with Crippen molar-refractivity contribution < 1.29 is 14.6 Å². The lowest BCUT2D eigenvalue weighted by atomic mass is 10.1. The van der Waals surface area contributed by atoms with Crippen molar-refractivity contribution in [3.05, 3.63) is 50.1 Å². The summed E-state index contributed by atoms with van der Waals surface area (Å²) in [5, 5.41) is 8.99. The van der Waals surface area contributed by atoms with E-state index >= 15 is 0 Å². The zero-order valence-electron chi connectivity index (χ0n) is 10.4. The van der Waals surface area contributed by atoms with Gasteiger partial charge in [0.1, 0.15) is 10.1 Å². The van der Waals surface area contributed by atoms with Crippen LogP contribution < -0.4 is 4.74 Å². The first-order valence-electron chi connectivity index (χ1n) is 5.91. The standard InChI is InChI=1S/C14H12Cl2O3S/c15-13-7-10(14(16)20-13)11(18)8-19-12-4-2-1-3-9(12)5-6-17/h1-4,7,17H,5-6,8H2. The highest BCUT2D eigenvalue weighted by Gasteiger charge is 2.15. The maximum atomic E-state index is 12.0. The lowest BCUT2D eigenvalue weighted by Gasteiger charge is -2.09. The van der Waals surface area contributed by atoms with Crippen molar-refractivity contribution in [2.24, 2.45) is 0 Å². The van der Waals surface area contributed by atoms with Gasteiger partial charge in [-0.05, 0) is 24.1 Å². The molecule has 106 valence electrons. The van der Waals surface area contributed by atoms with E-state index in [0.29, 0.717) is 26.4 Å². The Labute approximate surface area is 130 Å². The Morgan fingerprint density at radius 2 is 2.05 bits per heavy atom. The van der Waals surface area contributed by atoms with E-state index < -0.39 is 0 Å². The Kier molecular flexibility index (Phi) is 5.43. The minimum absolute atomic E-state index is 0.0281. The van der Waals surface area contributed by atoms with Gasteiger partial charge in [0.15, 0.2) is 6.61 Å². The maximum absolute atomic E-state index is 12.0. The predicted octanol–water partition coefficient (Wildman–Crippen LogP) is 3.85. The second-order valence-electron chi connectivity index (χ2n) is 4.03. The van der Waals surface area contributed by atoms with Gasteiger partial charge in [0.25, 0.3) is 0 Å². The fourth-order valence-corrected chi connectivity index (χ4v) is 3.22. The van der Waals surface area contributed by atoms with Gasteiger partial charge in [-0.2, -0.15) is 0 Å². The van der Waals surface area contributed by atoms with Crippen LogP contribution in [0.4, 0.5) is 0 Å². The Morgan fingerprint density at radius 1 is 1.30 bits per heavy atom. The maximum Gasteiger partial charge on any atom is 0.202 e. The minimum Gasteiger partial charge on any atom is -0.485 e. The van der Waals surface area contributed by atoms with Crippen LogP contribution in [0.3, 0.4) is 0 Å². The fourth-order valence-electron chi connectivity index (χ4n) is 1.72. The van der Waals surface area contributed by atoms with Crippen LogP contribution in [0.25, 0.3) is 0 Å². The van der Waals surface area contributed by atoms with Crippen molar-refractivity contribution >= 4 is 40.3 Å². The molecule has 1 aromatic carbocycles. The van der Waals surface area contributed by atoms with Gasteiger partial charge in [-0.25, -0.2) is 0 Å². The fraction of sp³-hybridized carbons (Fsp3) is 0.214. The summed E-state index contributed by atoms with van der Waals surface area (Å²) in [7, 11) is 0. The third kappa shape index (κ3) is 3.73. The van der Waals surface area contributed by atoms with E-state index in [1.165, 1.54) is 0 Å². The molecular weight excluding hydrogens is 319 g/mol. The normalized spacial score (nSPS) is 10.6. The molecule has 1 heterocycles. The second kappa shape index (κ2) is 7.09. The van der Waals surface area contributed by atoms with Gasteiger partial charge in [0, 0.05) is 6.61 Å². The van der Waals surface area contributed by atoms with Gasteiger partial charge in [-0.15, -0.1) is 11.3 Å². The predicted molar refractivity (Wildman–Crippen MR) is 81.4 cm³/mol. The molecule has 0 radical (unpaired) electrons. The summed E-state index contributed by atoms with van der Waals surface area (Å²) in [5.41, 5.74) is 1.23. The highest BCUT2D eigenvalue weighted by molar-refractivity contribution is 7.20. The summed E-state index contributed by atoms with van der Waals surface area (Å²) in [6.45, 7) is -0.0878. The van der Waals surface area contributed by atoms with Gasteiger partial charge < -0.3 is 9.84 Å². The van der Waals surface area contributed by atoms with E-state index in [4.69, 9.17) is 33.0 Å². The van der Waals surface area contributed by atoms with Crippen LogP contribution >= 0.6 is 34.5 Å². The van der Waals surface area contributed by atoms with Crippen LogP contribution in [0.2, 0.25) is 8.67 Å². The van der Waals surface area contributed by atoms with Gasteiger partial charge in [0.2, 0.25) is 5.78 Å². The summed E-state index contributed by atoms with van der Waals surface area (Å²) in [6.07, 6.45) is 0.482. The molecule has 2 rings (SSSR count). The monoisotopic (exact) mass is 330 g/mol. The molecule has 0 spiro atoms. The highest BCUT2D eigenvalue weighted by atomic mass is 35.5. The van der Waals surface area contributed by atoms with Gasteiger partial charge >= 0.3 is 0 Å². The van der Waals surface area contributed by atoms with E-state index in [-0.39, 0.29) is 19.0 Å². The lowest BCUT2D eigenvalue weighted by Crippen LogP contribution is -2.12. The van der Waals surface area contributed by atoms with Crippen molar-refractivity contribution in [3.63, 3.8) is 0 Å². The van der Waals surface area contributed by atoms with Gasteiger partial charge in [0.05, 0.1) is 9.90 Å². The molecule has 0 bridgehead atoms. The molecule has 20 heavy (non-hydrogen) atoms. The number of hydrogen-bond acceptors (Lipinski definition) is 4. The Balaban J connectivity index is 2.05. The molecule has 0 fully saturated rings. The molecule has 3 nitrogen and oxygen atoms in total. The summed E-state index contributed by atoms with van der Waals surface area (Å²) >= 11 is 12.9. The lowest BCUT2D eigenvalue weighted by molar-refractivity contribution is 0.0921. The number of benzene rings is 1. The van der Waals surface area contributed by atoms with E-state index in [9.17, 15) is 4.79 Å². The average molecular weight is 331 g/mol. The van der Waals surface area contributed by atoms with Crippen molar-refractivity contribution in [1.82, 2.24) is 0 Å². The van der Waals surface area contributed by atoms with Crippen molar-refractivity contribution in [1.29, 1.82) is 0 Å². The van der Waals surface area contributed by atoms with Crippen LogP contribution in [0.1, 0.15) is 15.9 Å². The van der Waals surface area contributed by atoms with Gasteiger partial charge in [-0.3, -0.25) is 4.79 Å². The van der Waals surface area contributed by atoms with Crippen LogP contribution in [-0.2, 0) is 6.42 Å². The molecule has 2 aromatic rings. The smallest absolute Gasteiger partial charge is 0.202 e. The number of halogens is 2. The van der Waals surface area contributed by atoms with Crippen LogP contribution in [0.15, 0.2) is 30.3 Å². The number of aliphatic hydroxyl groups excluding tert-OH is 1. The third-order valence-electron chi connectivity index (χ3n) is 2.67. The average Bonchev–Trinajstić information content (AvgIpc) is 2.77. The number of aliphatic hydroxyl groups is 1. The van der Waals surface area contributed by atoms with E-state index in [2.05, 4.69) is 0 Å². The molecule has 0 aliphatic heterocycles. The molecule has 6 heteroatoms. The molecule has 0 aliphatic rings. The van der Waals surface area contributed by atoms with Crippen LogP contribution in [-0.4, -0.2) is 24.1 Å². The SMILES string of the molecule is O=C(COc1ccccc1CCO)c1cc(Cl)sc1Cl. The molecule has 0 aliphatic carbocycles. The number of ether oxygens (including phenoxy) is 1. The first-order chi connectivity index (χ1) is 9.61. The first-order valence-corrected chi connectivity index (χ1v) is 7.48. The minimum atomic E-state index is -0.225. The number of carbonyl (C=O) groups excluding carboxylic acids is 1. The van der Waals surface area contributed by atoms with Crippen LogP contribution in [0, 0.1) is 0 Å². The molecule has 0 amide bonds. The number of Topliss-reactive ketones (excluding diaryl/α,β-unsaturated/α-hetero) is 1. The number of rotatable bonds is 6. The molecule has 0 atom stereocenters. The first kappa shape index (κ1) is 15.3. The summed E-state index contributed by atoms with van der Waals surface area (Å²) < 4.78 is 6.35. The summed E-state index contributed by atoms with van der Waals surface area (Å²) in [5.74, 6) is 0.365. The zero-order chi connectivity index (χ0) is 14.5. The Bertz CT molecular complexity index is 610. The topological polar surface area (TPSA) is 46.5 Å².